The molecule has 0 spiro atoms. The molecule has 0 bridgehead atoms. The van der Waals surface area contributed by atoms with E-state index in [9.17, 15) is 0 Å². The average Bonchev–Trinajstić information content (AvgIpc) is 2.25. The Kier molecular flexibility index (Phi) is 18.3. The van der Waals surface area contributed by atoms with E-state index in [1.54, 1.807) is 0 Å². The number of nitrogens with two attached hydrogens (primary N) is 1. The van der Waals surface area contributed by atoms with Crippen molar-refractivity contribution in [3.05, 3.63) is 0 Å². The Bertz CT molecular complexity index is 373. The molecule has 0 heterocycles. The minimum atomic E-state index is -3.69. The molecule has 0 saturated carbocycles. The van der Waals surface area contributed by atoms with Crippen LogP contribution < -0.4 is 17.9 Å². The summed E-state index contributed by atoms with van der Waals surface area (Å²) in [6.45, 7) is 4.04. The van der Waals surface area contributed by atoms with Crippen molar-refractivity contribution in [2.45, 2.75) is 0 Å². The Hall–Kier alpha value is 2.63. The van der Waals surface area contributed by atoms with Gasteiger partial charge in [0.2, 0.25) is 7.71 Å². The van der Waals surface area contributed by atoms with Gasteiger partial charge in [0.15, 0.2) is 0 Å². The maximum Gasteiger partial charge on any atom is -1.00 e. The Morgan fingerprint density at radius 1 is 0.800 bits per heavy atom. The minimum absolute atomic E-state index is 0. The Morgan fingerprint density at radius 2 is 0.960 bits per heavy atom. The fraction of sp³-hybridized carbons (Fsp3) is 1.00. The number of hydrogen-bond donors (Lipinski definition) is 2. The Labute approximate surface area is 185 Å². The molecule has 0 aromatic heterocycles. The van der Waals surface area contributed by atoms with Gasteiger partial charge in [0.05, 0.1) is 14.0 Å². The molecule has 6 nitrogen and oxygen atoms in total. The largest absolute Gasteiger partial charge is 1.00 e. The van der Waals surface area contributed by atoms with E-state index in [0.717, 1.165) is 0 Å². The third-order valence-electron chi connectivity index (χ3n) is 3.18. The summed E-state index contributed by atoms with van der Waals surface area (Å²) in [5.41, 5.74) is 5.97. The third-order valence-corrected chi connectivity index (χ3v) is 9.53. The van der Waals surface area contributed by atoms with Crippen LogP contribution in [0.2, 0.25) is 0 Å². The Morgan fingerprint density at radius 3 is 0.960 bits per heavy atom. The van der Waals surface area contributed by atoms with Crippen molar-refractivity contribution < 1.29 is 12.4 Å². The SMILES string of the molecule is CN(C)P(C)(=N)N(C)C.CN(C)[P+](C)(N)N(C)C.ClP(Cl)(Cl)(Cl)Cl.[Cl-]. The summed E-state index contributed by atoms with van der Waals surface area (Å²) in [5, 5.41) is 7.80. The van der Waals surface area contributed by atoms with Crippen molar-refractivity contribution in [3.63, 3.8) is 0 Å². The second kappa shape index (κ2) is 13.0. The van der Waals surface area contributed by atoms with Crippen LogP contribution in [0.15, 0.2) is 0 Å². The quantitative estimate of drug-likeness (QED) is 0.535. The molecule has 0 aromatic rings. The zero-order valence-electron chi connectivity index (χ0n) is 16.5. The van der Waals surface area contributed by atoms with Crippen LogP contribution in [0.3, 0.4) is 0 Å². The van der Waals surface area contributed by atoms with Crippen LogP contribution in [0, 0.1) is 5.16 Å². The molecular formula is C10H33Cl6N6P3. The van der Waals surface area contributed by atoms with Gasteiger partial charge in [-0.2, -0.15) is 14.8 Å². The van der Waals surface area contributed by atoms with Gasteiger partial charge in [-0.25, -0.2) is 0 Å². The molecule has 25 heavy (non-hydrogen) atoms. The fourth-order valence-electron chi connectivity index (χ4n) is 0.716. The zero-order valence-corrected chi connectivity index (χ0v) is 23.7. The first-order valence-electron chi connectivity index (χ1n) is 6.60. The zero-order chi connectivity index (χ0) is 20.8. The molecule has 0 aliphatic heterocycles. The van der Waals surface area contributed by atoms with Crippen LogP contribution in [0.5, 0.6) is 0 Å². The smallest absolute Gasteiger partial charge is 1.00 e. The molecule has 0 aromatic carbocycles. The van der Waals surface area contributed by atoms with Gasteiger partial charge in [0.25, 0.3) is 0 Å². The monoisotopic (exact) mass is 540 g/mol. The maximum atomic E-state index is 7.80. The van der Waals surface area contributed by atoms with E-state index in [1.165, 1.54) is 0 Å². The molecule has 0 unspecified atom stereocenters. The third kappa shape index (κ3) is 22.8. The van der Waals surface area contributed by atoms with Gasteiger partial charge < -0.3 is 12.4 Å². The van der Waals surface area contributed by atoms with Crippen LogP contribution in [0.25, 0.3) is 0 Å². The first-order valence-corrected chi connectivity index (χ1v) is 17.7. The van der Waals surface area contributed by atoms with Crippen molar-refractivity contribution in [2.24, 2.45) is 5.50 Å². The van der Waals surface area contributed by atoms with Gasteiger partial charge in [-0.05, 0) is 34.9 Å². The molecule has 160 valence electrons. The summed E-state index contributed by atoms with van der Waals surface area (Å²) >= 11 is 24.9. The standard InChI is InChI=1S/C5H17N3P.C5H16N3P.Cl5P.ClH/c2*1-7(2)9(5,6)8(3)4;1-6(2,3,4)5;/h6H2,1-5H3;6H,1-5H3;;1H/q+1;;;/p-1. The molecule has 0 radical (unpaired) electrons. The van der Waals surface area contributed by atoms with E-state index in [-0.39, 0.29) is 12.4 Å². The second-order valence-corrected chi connectivity index (χ2v) is 29.5. The van der Waals surface area contributed by atoms with E-state index in [0.29, 0.717) is 0 Å². The summed E-state index contributed by atoms with van der Waals surface area (Å²) in [6, 6.07) is 0. The number of hydrogen-bond acceptors (Lipinski definition) is 4. The predicted octanol–water partition coefficient (Wildman–Crippen LogP) is 3.12. The summed E-state index contributed by atoms with van der Waals surface area (Å²) in [5.74, 6) is 0. The second-order valence-electron chi connectivity index (χ2n) is 5.92. The van der Waals surface area contributed by atoms with Crippen molar-refractivity contribution in [1.82, 2.24) is 18.7 Å². The molecule has 0 aliphatic carbocycles. The van der Waals surface area contributed by atoms with Gasteiger partial charge in [0.1, 0.15) is 0 Å². The van der Waals surface area contributed by atoms with E-state index in [1.807, 2.05) is 72.4 Å². The molecular weight excluding hydrogens is 510 g/mol. The van der Waals surface area contributed by atoms with Crippen LogP contribution in [-0.2, 0) is 0 Å². The summed E-state index contributed by atoms with van der Waals surface area (Å²) in [4.78, 5) is 0. The number of rotatable bonds is 4. The summed E-state index contributed by atoms with van der Waals surface area (Å²) in [6.07, 6.45) is 0. The minimum Gasteiger partial charge on any atom is -1.00 e. The number of nitrogens with zero attached hydrogens (tertiary/aromatic N) is 4. The first-order chi connectivity index (χ1) is 10.0. The van der Waals surface area contributed by atoms with Gasteiger partial charge in [-0.15, -0.1) is 0 Å². The molecule has 3 N–H and O–H groups in total. The number of halogens is 6. The summed E-state index contributed by atoms with van der Waals surface area (Å²) < 4.78 is 4.39. The summed E-state index contributed by atoms with van der Waals surface area (Å²) in [7, 11) is 12.7. The van der Waals surface area contributed by atoms with E-state index in [4.69, 9.17) is 66.9 Å². The van der Waals surface area contributed by atoms with E-state index in [2.05, 4.69) is 16.0 Å². The van der Waals surface area contributed by atoms with Crippen molar-refractivity contribution >= 4 is 74.6 Å². The molecule has 0 aliphatic rings. The van der Waals surface area contributed by atoms with Gasteiger partial charge >= 0.3 is 59.6 Å². The topological polar surface area (TPSA) is 62.8 Å². The van der Waals surface area contributed by atoms with Gasteiger partial charge in [0, 0.05) is 28.2 Å². The normalized spacial score (nSPS) is 14.2. The maximum absolute atomic E-state index is 7.80. The van der Waals surface area contributed by atoms with Crippen molar-refractivity contribution in [1.29, 1.82) is 5.16 Å². The predicted molar refractivity (Wildman–Crippen MR) is 124 cm³/mol. The van der Waals surface area contributed by atoms with Crippen LogP contribution in [0.1, 0.15) is 0 Å². The first kappa shape index (κ1) is 35.1. The van der Waals surface area contributed by atoms with Crippen LogP contribution in [0.4, 0.5) is 0 Å². The molecule has 15 heteroatoms. The van der Waals surface area contributed by atoms with E-state index >= 15 is 0 Å². The molecule has 0 amide bonds. The van der Waals surface area contributed by atoms with Crippen molar-refractivity contribution in [3.8, 4) is 0 Å². The fourth-order valence-corrected chi connectivity index (χ4v) is 2.15. The number of nitrogens with one attached hydrogen (secondary N) is 1. The Balaban J connectivity index is -0.000000133. The molecule has 0 fully saturated rings. The van der Waals surface area contributed by atoms with E-state index < -0.39 is 18.4 Å². The molecule has 0 atom stereocenters. The van der Waals surface area contributed by atoms with Gasteiger partial charge in [-0.3, -0.25) is 14.5 Å². The molecule has 0 rings (SSSR count). The van der Waals surface area contributed by atoms with Gasteiger partial charge in [-0.1, -0.05) is 0 Å². The molecule has 0 saturated heterocycles. The van der Waals surface area contributed by atoms with Crippen LogP contribution >= 0.6 is 74.6 Å². The van der Waals surface area contributed by atoms with Crippen LogP contribution in [-0.4, -0.2) is 88.4 Å². The van der Waals surface area contributed by atoms with Crippen molar-refractivity contribution in [2.75, 3.05) is 69.7 Å². The average molecular weight is 543 g/mol.